The molecule has 8 heteroatoms. The first kappa shape index (κ1) is 19.7. The molecule has 1 aromatic rings. The summed E-state index contributed by atoms with van der Waals surface area (Å²) >= 11 is 5.87. The number of hydrogen-bond donors (Lipinski definition) is 1. The minimum atomic E-state index is -3.88. The van der Waals surface area contributed by atoms with E-state index in [1.807, 2.05) is 13.8 Å². The van der Waals surface area contributed by atoms with Crippen LogP contribution in [-0.2, 0) is 14.8 Å². The lowest BCUT2D eigenvalue weighted by Gasteiger charge is -2.19. The number of ether oxygens (including phenoxy) is 1. The van der Waals surface area contributed by atoms with Gasteiger partial charge in [-0.1, -0.05) is 25.4 Å². The molecule has 0 aromatic heterocycles. The summed E-state index contributed by atoms with van der Waals surface area (Å²) in [5, 5.41) is 2.98. The number of nitrogens with zero attached hydrogens (tertiary/aromatic N) is 1. The monoisotopic (exact) mass is 362 g/mol. The summed E-state index contributed by atoms with van der Waals surface area (Å²) in [6, 6.07) is 4.33. The normalized spacial score (nSPS) is 11.8. The van der Waals surface area contributed by atoms with Gasteiger partial charge in [-0.2, -0.15) is 4.31 Å². The van der Waals surface area contributed by atoms with Crippen LogP contribution >= 0.6 is 11.6 Å². The number of likely N-dealkylation sites (N-methyl/N-ethyl adjacent to an activating group) is 1. The van der Waals surface area contributed by atoms with Gasteiger partial charge in [0.05, 0.1) is 13.7 Å². The molecule has 6 nitrogen and oxygen atoms in total. The molecule has 0 aliphatic carbocycles. The van der Waals surface area contributed by atoms with Gasteiger partial charge in [0.25, 0.3) is 0 Å². The molecular formula is C15H23ClN2O4S. The Balaban J connectivity index is 2.84. The fourth-order valence-corrected chi connectivity index (χ4v) is 3.40. The predicted octanol–water partition coefficient (Wildman–Crippen LogP) is 2.13. The number of carbonyl (C=O) groups is 1. The summed E-state index contributed by atoms with van der Waals surface area (Å²) in [5.41, 5.74) is 0. The molecule has 23 heavy (non-hydrogen) atoms. The Labute approximate surface area is 142 Å². The summed E-state index contributed by atoms with van der Waals surface area (Å²) in [6.07, 6.45) is 0.838. The van der Waals surface area contributed by atoms with Gasteiger partial charge in [0.2, 0.25) is 15.9 Å². The molecule has 0 heterocycles. The molecule has 130 valence electrons. The average molecular weight is 363 g/mol. The lowest BCUT2D eigenvalue weighted by molar-refractivity contribution is -0.121. The van der Waals surface area contributed by atoms with Gasteiger partial charge in [-0.15, -0.1) is 0 Å². The molecule has 0 unspecified atom stereocenters. The van der Waals surface area contributed by atoms with Crippen molar-refractivity contribution in [1.29, 1.82) is 0 Å². The van der Waals surface area contributed by atoms with Gasteiger partial charge < -0.3 is 10.1 Å². The van der Waals surface area contributed by atoms with E-state index in [4.69, 9.17) is 16.3 Å². The Bertz CT molecular complexity index is 647. The number of sulfonamides is 1. The van der Waals surface area contributed by atoms with E-state index in [2.05, 4.69) is 5.32 Å². The van der Waals surface area contributed by atoms with Crippen LogP contribution in [0.3, 0.4) is 0 Å². The highest BCUT2D eigenvalue weighted by Gasteiger charge is 2.26. The zero-order valence-corrected chi connectivity index (χ0v) is 15.4. The van der Waals surface area contributed by atoms with Crippen LogP contribution in [0.4, 0.5) is 0 Å². The van der Waals surface area contributed by atoms with Crippen LogP contribution in [0.25, 0.3) is 0 Å². The van der Waals surface area contributed by atoms with Crippen LogP contribution in [0.5, 0.6) is 5.75 Å². The average Bonchev–Trinajstić information content (AvgIpc) is 2.46. The smallest absolute Gasteiger partial charge is 0.247 e. The summed E-state index contributed by atoms with van der Waals surface area (Å²) < 4.78 is 31.2. The van der Waals surface area contributed by atoms with Crippen molar-refractivity contribution in [1.82, 2.24) is 9.62 Å². The lowest BCUT2D eigenvalue weighted by atomic mass is 10.1. The number of nitrogens with one attached hydrogen (secondary N) is 1. The van der Waals surface area contributed by atoms with E-state index in [1.54, 1.807) is 0 Å². The van der Waals surface area contributed by atoms with Crippen LogP contribution in [0.1, 0.15) is 20.3 Å². The van der Waals surface area contributed by atoms with Gasteiger partial charge in [-0.3, -0.25) is 4.79 Å². The van der Waals surface area contributed by atoms with E-state index in [9.17, 15) is 13.2 Å². The highest BCUT2D eigenvalue weighted by atomic mass is 35.5. The Kier molecular flexibility index (Phi) is 7.31. The van der Waals surface area contributed by atoms with Gasteiger partial charge in [0.15, 0.2) is 0 Å². The fourth-order valence-electron chi connectivity index (χ4n) is 1.86. The van der Waals surface area contributed by atoms with Crippen molar-refractivity contribution in [3.05, 3.63) is 23.2 Å². The third-order valence-electron chi connectivity index (χ3n) is 3.22. The van der Waals surface area contributed by atoms with Crippen molar-refractivity contribution in [3.63, 3.8) is 0 Å². The number of hydrogen-bond acceptors (Lipinski definition) is 4. The summed E-state index contributed by atoms with van der Waals surface area (Å²) in [6.45, 7) is 4.35. The van der Waals surface area contributed by atoms with E-state index in [0.29, 0.717) is 12.5 Å². The maximum absolute atomic E-state index is 12.6. The third kappa shape index (κ3) is 5.67. The number of methoxy groups -OCH3 is 1. The first-order valence-electron chi connectivity index (χ1n) is 7.25. The van der Waals surface area contributed by atoms with E-state index in [-0.39, 0.29) is 28.1 Å². The molecule has 0 aliphatic heterocycles. The maximum atomic E-state index is 12.6. The fraction of sp³-hybridized carbons (Fsp3) is 0.533. The van der Waals surface area contributed by atoms with E-state index < -0.39 is 10.0 Å². The van der Waals surface area contributed by atoms with Gasteiger partial charge in [-0.05, 0) is 30.5 Å². The second-order valence-corrected chi connectivity index (χ2v) is 8.04. The Morgan fingerprint density at radius 3 is 2.61 bits per heavy atom. The topological polar surface area (TPSA) is 75.7 Å². The van der Waals surface area contributed by atoms with Crippen LogP contribution in [0, 0.1) is 5.92 Å². The number of rotatable bonds is 8. The number of carbonyl (C=O) groups excluding carboxylic acids is 1. The molecule has 0 radical (unpaired) electrons. The Hall–Kier alpha value is -1.31. The second-order valence-electron chi connectivity index (χ2n) is 5.59. The van der Waals surface area contributed by atoms with Crippen molar-refractivity contribution < 1.29 is 17.9 Å². The zero-order valence-electron chi connectivity index (χ0n) is 13.8. The van der Waals surface area contributed by atoms with E-state index in [0.717, 1.165) is 10.7 Å². The second kappa shape index (κ2) is 8.52. The summed E-state index contributed by atoms with van der Waals surface area (Å²) in [7, 11) is -1.16. The SMILES string of the molecule is COc1ccc(Cl)cc1S(=O)(=O)N(C)CC(=O)NCCC(C)C. The molecule has 0 aliphatic rings. The predicted molar refractivity (Wildman–Crippen MR) is 90.3 cm³/mol. The minimum absolute atomic E-state index is 0.0648. The van der Waals surface area contributed by atoms with Crippen molar-refractivity contribution in [2.45, 2.75) is 25.2 Å². The van der Waals surface area contributed by atoms with Crippen LogP contribution in [-0.4, -0.2) is 45.9 Å². The highest BCUT2D eigenvalue weighted by molar-refractivity contribution is 7.89. The largest absolute Gasteiger partial charge is 0.495 e. The molecule has 0 fully saturated rings. The highest BCUT2D eigenvalue weighted by Crippen LogP contribution is 2.28. The van der Waals surface area contributed by atoms with Crippen LogP contribution < -0.4 is 10.1 Å². The number of benzene rings is 1. The van der Waals surface area contributed by atoms with Crippen LogP contribution in [0.15, 0.2) is 23.1 Å². The molecule has 1 N–H and O–H groups in total. The first-order chi connectivity index (χ1) is 10.7. The maximum Gasteiger partial charge on any atom is 0.247 e. The number of halogens is 1. The molecule has 0 bridgehead atoms. The third-order valence-corrected chi connectivity index (χ3v) is 5.28. The summed E-state index contributed by atoms with van der Waals surface area (Å²) in [4.78, 5) is 11.8. The molecule has 0 spiro atoms. The quantitative estimate of drug-likeness (QED) is 0.768. The standard InChI is InChI=1S/C15H23ClN2O4S/c1-11(2)7-8-17-15(19)10-18(3)23(20,21)14-9-12(16)5-6-13(14)22-4/h5-6,9,11H,7-8,10H2,1-4H3,(H,17,19). The van der Waals surface area contributed by atoms with Crippen LogP contribution in [0.2, 0.25) is 5.02 Å². The molecule has 0 saturated carbocycles. The van der Waals surface area contributed by atoms with Crippen molar-refractivity contribution in [2.75, 3.05) is 27.2 Å². The Morgan fingerprint density at radius 2 is 2.04 bits per heavy atom. The zero-order chi connectivity index (χ0) is 17.6. The van der Waals surface area contributed by atoms with Gasteiger partial charge in [0, 0.05) is 18.6 Å². The van der Waals surface area contributed by atoms with Gasteiger partial charge >= 0.3 is 0 Å². The number of amides is 1. The lowest BCUT2D eigenvalue weighted by Crippen LogP contribution is -2.38. The van der Waals surface area contributed by atoms with Gasteiger partial charge in [0.1, 0.15) is 10.6 Å². The van der Waals surface area contributed by atoms with Crippen molar-refractivity contribution in [3.8, 4) is 5.75 Å². The van der Waals surface area contributed by atoms with Crippen molar-refractivity contribution in [2.24, 2.45) is 5.92 Å². The molecule has 1 aromatic carbocycles. The minimum Gasteiger partial charge on any atom is -0.495 e. The molecule has 1 rings (SSSR count). The van der Waals surface area contributed by atoms with E-state index in [1.165, 1.54) is 32.4 Å². The van der Waals surface area contributed by atoms with Gasteiger partial charge in [-0.25, -0.2) is 8.42 Å². The Morgan fingerprint density at radius 1 is 1.39 bits per heavy atom. The first-order valence-corrected chi connectivity index (χ1v) is 9.07. The van der Waals surface area contributed by atoms with Crippen molar-refractivity contribution >= 4 is 27.5 Å². The molecule has 1 amide bonds. The van der Waals surface area contributed by atoms with E-state index >= 15 is 0 Å². The molecular weight excluding hydrogens is 340 g/mol. The molecule has 0 saturated heterocycles. The summed E-state index contributed by atoms with van der Waals surface area (Å²) in [5.74, 6) is 0.298. The molecule has 0 atom stereocenters.